The fraction of sp³-hybridized carbons (Fsp3) is 0.833. The smallest absolute Gasteiger partial charge is 0.00748 e. The standard InChI is InChI=1S/C6H12N/c1-2-6-4-3-5-7-6/h2,6-7H,3-5H2,1H3/q-1. The third-order valence-electron chi connectivity index (χ3n) is 1.50. The summed E-state index contributed by atoms with van der Waals surface area (Å²) in [5.41, 5.74) is 0. The second kappa shape index (κ2) is 2.31. The summed E-state index contributed by atoms with van der Waals surface area (Å²) in [6, 6.07) is 0.722. The van der Waals surface area contributed by atoms with E-state index in [2.05, 4.69) is 18.7 Å². The van der Waals surface area contributed by atoms with E-state index in [1.807, 2.05) is 0 Å². The number of hydrogen-bond donors (Lipinski definition) is 1. The van der Waals surface area contributed by atoms with Gasteiger partial charge in [0.25, 0.3) is 0 Å². The Kier molecular flexibility index (Phi) is 1.69. The van der Waals surface area contributed by atoms with Gasteiger partial charge in [0.2, 0.25) is 0 Å². The summed E-state index contributed by atoms with van der Waals surface area (Å²) in [7, 11) is 0. The highest BCUT2D eigenvalue weighted by Gasteiger charge is 2.02. The predicted molar refractivity (Wildman–Crippen MR) is 31.0 cm³/mol. The molecule has 0 radical (unpaired) electrons. The molecule has 0 saturated carbocycles. The Morgan fingerprint density at radius 1 is 1.71 bits per heavy atom. The van der Waals surface area contributed by atoms with Crippen LogP contribution in [0.5, 0.6) is 0 Å². The van der Waals surface area contributed by atoms with Crippen molar-refractivity contribution in [3.63, 3.8) is 0 Å². The van der Waals surface area contributed by atoms with Crippen molar-refractivity contribution in [1.82, 2.24) is 5.32 Å². The zero-order valence-electron chi connectivity index (χ0n) is 4.78. The van der Waals surface area contributed by atoms with E-state index in [0.717, 1.165) is 6.04 Å². The van der Waals surface area contributed by atoms with Crippen LogP contribution >= 0.6 is 0 Å². The molecule has 0 aromatic rings. The lowest BCUT2D eigenvalue weighted by Gasteiger charge is -2.14. The quantitative estimate of drug-likeness (QED) is 0.482. The first kappa shape index (κ1) is 5.10. The lowest BCUT2D eigenvalue weighted by atomic mass is 10.2. The van der Waals surface area contributed by atoms with Crippen LogP contribution in [0.4, 0.5) is 0 Å². The fourth-order valence-corrected chi connectivity index (χ4v) is 0.996. The van der Waals surface area contributed by atoms with Crippen molar-refractivity contribution in [3.05, 3.63) is 6.42 Å². The van der Waals surface area contributed by atoms with Crippen molar-refractivity contribution in [1.29, 1.82) is 0 Å². The minimum absolute atomic E-state index is 0.722. The molecule has 1 aliphatic rings. The van der Waals surface area contributed by atoms with E-state index in [1.165, 1.54) is 19.4 Å². The molecule has 1 unspecified atom stereocenters. The zero-order valence-corrected chi connectivity index (χ0v) is 4.78. The molecule has 1 heterocycles. The van der Waals surface area contributed by atoms with Gasteiger partial charge in [0.1, 0.15) is 0 Å². The van der Waals surface area contributed by atoms with Crippen LogP contribution in [0.2, 0.25) is 0 Å². The molecule has 1 N–H and O–H groups in total. The number of rotatable bonds is 1. The van der Waals surface area contributed by atoms with Crippen LogP contribution in [0.1, 0.15) is 19.8 Å². The van der Waals surface area contributed by atoms with Gasteiger partial charge < -0.3 is 11.7 Å². The summed E-state index contributed by atoms with van der Waals surface area (Å²) in [5.74, 6) is 0. The van der Waals surface area contributed by atoms with E-state index in [-0.39, 0.29) is 0 Å². The van der Waals surface area contributed by atoms with Crippen LogP contribution < -0.4 is 5.32 Å². The average Bonchev–Trinajstić information content (AvgIpc) is 2.14. The Morgan fingerprint density at radius 2 is 2.57 bits per heavy atom. The summed E-state index contributed by atoms with van der Waals surface area (Å²) in [6.45, 7) is 3.33. The molecule has 0 amide bonds. The van der Waals surface area contributed by atoms with E-state index in [0.29, 0.717) is 0 Å². The van der Waals surface area contributed by atoms with Crippen molar-refractivity contribution >= 4 is 0 Å². The van der Waals surface area contributed by atoms with E-state index in [4.69, 9.17) is 0 Å². The van der Waals surface area contributed by atoms with Gasteiger partial charge in [-0.1, -0.05) is 6.42 Å². The Balaban J connectivity index is 2.14. The minimum Gasteiger partial charge on any atom is -0.343 e. The molecular formula is C6H12N-. The molecule has 1 heteroatoms. The lowest BCUT2D eigenvalue weighted by Crippen LogP contribution is -2.19. The highest BCUT2D eigenvalue weighted by Crippen LogP contribution is 2.05. The molecule has 1 saturated heterocycles. The van der Waals surface area contributed by atoms with E-state index in [9.17, 15) is 0 Å². The molecular weight excluding hydrogens is 86.1 g/mol. The van der Waals surface area contributed by atoms with E-state index in [1.54, 1.807) is 0 Å². The summed E-state index contributed by atoms with van der Waals surface area (Å²) in [5, 5.41) is 3.35. The van der Waals surface area contributed by atoms with Gasteiger partial charge in [0.05, 0.1) is 0 Å². The molecule has 0 spiro atoms. The Hall–Kier alpha value is -0.0400. The summed E-state index contributed by atoms with van der Waals surface area (Å²) >= 11 is 0. The Morgan fingerprint density at radius 3 is 2.86 bits per heavy atom. The molecule has 1 rings (SSSR count). The van der Waals surface area contributed by atoms with Crippen molar-refractivity contribution < 1.29 is 0 Å². The van der Waals surface area contributed by atoms with Crippen LogP contribution in [0.25, 0.3) is 0 Å². The Bertz CT molecular complexity index is 46.1. The van der Waals surface area contributed by atoms with Crippen LogP contribution in [0, 0.1) is 6.42 Å². The monoisotopic (exact) mass is 98.1 g/mol. The summed E-state index contributed by atoms with van der Waals surface area (Å²) in [4.78, 5) is 0. The van der Waals surface area contributed by atoms with E-state index >= 15 is 0 Å². The third-order valence-corrected chi connectivity index (χ3v) is 1.50. The SMILES string of the molecule is C[CH-]C1CCCN1. The van der Waals surface area contributed by atoms with Gasteiger partial charge in [-0.05, 0) is 13.0 Å². The molecule has 1 nitrogen and oxygen atoms in total. The molecule has 0 aliphatic carbocycles. The molecule has 0 bridgehead atoms. The third kappa shape index (κ3) is 1.16. The average molecular weight is 98.2 g/mol. The largest absolute Gasteiger partial charge is 0.343 e. The lowest BCUT2D eigenvalue weighted by molar-refractivity contribution is 0.684. The maximum absolute atomic E-state index is 3.35. The second-order valence-corrected chi connectivity index (χ2v) is 2.04. The maximum Gasteiger partial charge on any atom is -0.00748 e. The van der Waals surface area contributed by atoms with Crippen LogP contribution in [-0.2, 0) is 0 Å². The van der Waals surface area contributed by atoms with Crippen molar-refractivity contribution in [3.8, 4) is 0 Å². The highest BCUT2D eigenvalue weighted by molar-refractivity contribution is 4.83. The molecule has 42 valence electrons. The first-order valence-electron chi connectivity index (χ1n) is 2.96. The Labute approximate surface area is 45.1 Å². The van der Waals surface area contributed by atoms with Crippen LogP contribution in [-0.4, -0.2) is 12.6 Å². The zero-order chi connectivity index (χ0) is 5.11. The van der Waals surface area contributed by atoms with Gasteiger partial charge in [-0.3, -0.25) is 0 Å². The molecule has 0 aromatic carbocycles. The van der Waals surface area contributed by atoms with Gasteiger partial charge in [0, 0.05) is 0 Å². The number of hydrogen-bond acceptors (Lipinski definition) is 1. The molecule has 7 heavy (non-hydrogen) atoms. The molecule has 0 aromatic heterocycles. The minimum atomic E-state index is 0.722. The molecule has 1 atom stereocenters. The highest BCUT2D eigenvalue weighted by atomic mass is 14.9. The van der Waals surface area contributed by atoms with Crippen molar-refractivity contribution in [2.24, 2.45) is 0 Å². The summed E-state index contributed by atoms with van der Waals surface area (Å²) in [6.07, 6.45) is 4.93. The van der Waals surface area contributed by atoms with Gasteiger partial charge in [-0.2, -0.15) is 6.92 Å². The van der Waals surface area contributed by atoms with Crippen LogP contribution in [0.15, 0.2) is 0 Å². The van der Waals surface area contributed by atoms with Gasteiger partial charge in [0.15, 0.2) is 0 Å². The van der Waals surface area contributed by atoms with Gasteiger partial charge in [-0.15, -0.1) is 6.04 Å². The maximum atomic E-state index is 3.35. The predicted octanol–water partition coefficient (Wildman–Crippen LogP) is 0.963. The summed E-state index contributed by atoms with van der Waals surface area (Å²) < 4.78 is 0. The molecule has 1 fully saturated rings. The number of nitrogens with one attached hydrogen (secondary N) is 1. The fourth-order valence-electron chi connectivity index (χ4n) is 0.996. The van der Waals surface area contributed by atoms with Gasteiger partial charge >= 0.3 is 0 Å². The first-order chi connectivity index (χ1) is 3.43. The molecule has 1 aliphatic heterocycles. The second-order valence-electron chi connectivity index (χ2n) is 2.04. The van der Waals surface area contributed by atoms with E-state index < -0.39 is 0 Å². The normalized spacial score (nSPS) is 31.3. The van der Waals surface area contributed by atoms with Crippen LogP contribution in [0.3, 0.4) is 0 Å². The van der Waals surface area contributed by atoms with Gasteiger partial charge in [-0.25, -0.2) is 0 Å². The topological polar surface area (TPSA) is 12.0 Å². The first-order valence-corrected chi connectivity index (χ1v) is 2.96. The van der Waals surface area contributed by atoms with Crippen molar-refractivity contribution in [2.75, 3.05) is 6.54 Å². The van der Waals surface area contributed by atoms with Crippen molar-refractivity contribution in [2.45, 2.75) is 25.8 Å².